The number of halogens is 1. The Morgan fingerprint density at radius 1 is 1.05 bits per heavy atom. The second kappa shape index (κ2) is 20.6. The zero-order chi connectivity index (χ0) is 44.4. The van der Waals surface area contributed by atoms with E-state index in [2.05, 4.69) is 20.0 Å². The van der Waals surface area contributed by atoms with E-state index in [9.17, 15) is 39.1 Å². The Bertz CT molecular complexity index is 2240. The molecule has 0 fully saturated rings. The van der Waals surface area contributed by atoms with E-state index in [1.54, 1.807) is 36.4 Å². The number of hydrogen-bond acceptors (Lipinski definition) is 14. The first-order valence-corrected chi connectivity index (χ1v) is 20.2. The summed E-state index contributed by atoms with van der Waals surface area (Å²) in [4.78, 5) is 50.4. The molecule has 326 valence electrons. The number of nitrogens with zero attached hydrogens (tertiary/aromatic N) is 2. The molecule has 17 nitrogen and oxygen atoms in total. The summed E-state index contributed by atoms with van der Waals surface area (Å²) in [6.07, 6.45) is 2.20. The van der Waals surface area contributed by atoms with Gasteiger partial charge in [-0.15, -0.1) is 4.33 Å². The van der Waals surface area contributed by atoms with Crippen LogP contribution in [0.1, 0.15) is 69.2 Å². The first-order valence-electron chi connectivity index (χ1n) is 19.3. The Kier molecular flexibility index (Phi) is 15.6. The maximum absolute atomic E-state index is 14.5. The van der Waals surface area contributed by atoms with Gasteiger partial charge in [-0.3, -0.25) is 24.5 Å². The molecule has 0 spiro atoms. The van der Waals surface area contributed by atoms with Gasteiger partial charge in [0.1, 0.15) is 36.5 Å². The van der Waals surface area contributed by atoms with Gasteiger partial charge >= 0.3 is 0 Å². The molecule has 19 heteroatoms. The van der Waals surface area contributed by atoms with E-state index in [0.29, 0.717) is 54.9 Å². The zero-order valence-corrected chi connectivity index (χ0v) is 35.0. The van der Waals surface area contributed by atoms with Crippen LogP contribution in [0.25, 0.3) is 5.57 Å². The summed E-state index contributed by atoms with van der Waals surface area (Å²) in [5.41, 5.74) is 2.05. The number of aliphatic hydroxyl groups excluding tert-OH is 2. The normalized spacial score (nSPS) is 15.9. The molecule has 5 rings (SSSR count). The van der Waals surface area contributed by atoms with Gasteiger partial charge in [-0.05, 0) is 69.5 Å². The number of hydrogen-bond donors (Lipinski definition) is 5. The third-order valence-electron chi connectivity index (χ3n) is 10.3. The minimum Gasteiger partial charge on any atom is -0.506 e. The summed E-state index contributed by atoms with van der Waals surface area (Å²) in [6.45, 7) is 5.47. The van der Waals surface area contributed by atoms with E-state index in [1.165, 1.54) is 39.3 Å². The molecule has 2 atom stereocenters. The van der Waals surface area contributed by atoms with Crippen LogP contribution in [-0.2, 0) is 29.2 Å². The summed E-state index contributed by atoms with van der Waals surface area (Å²) in [5.74, 6) is -1.28. The quantitative estimate of drug-likeness (QED) is 0.0149. The number of nitro groups is 1. The molecule has 1 heterocycles. The number of fused-ring (bicyclic) bond motifs is 1. The lowest BCUT2D eigenvalue weighted by Gasteiger charge is -2.23. The van der Waals surface area contributed by atoms with Crippen LogP contribution in [-0.4, -0.2) is 94.0 Å². The standard InChI is InChI=1S/C42H47FN4O13S/c1-24(48)28-20-34(57-5)35(22-33(28)47(53)54)58-18-16-44-41(52)31(23-61-60-59-55)45-37(49)9-7-6-8-17-46-32-15-12-26(43)19-30(32)42(2,3)36(46)21-29-39(50)38(40(29)51)25-10-13-27(56-4)14-11-25/h10-15,19-22,24,31,48H,6-9,16-18,23H2,1-5H3,(H3-,44,45,49,50,51,52,55)/p+1. The number of amides is 2. The fraction of sp³-hybridized carbons (Fsp3) is 0.381. The van der Waals surface area contributed by atoms with Gasteiger partial charge < -0.3 is 35.1 Å². The monoisotopic (exact) mass is 867 g/mol. The van der Waals surface area contributed by atoms with E-state index in [1.807, 2.05) is 18.4 Å². The molecule has 1 aliphatic carbocycles. The summed E-state index contributed by atoms with van der Waals surface area (Å²) in [6, 6.07) is 12.6. The highest BCUT2D eigenvalue weighted by Crippen LogP contribution is 2.43. The van der Waals surface area contributed by atoms with E-state index in [0.717, 1.165) is 17.3 Å². The van der Waals surface area contributed by atoms with Gasteiger partial charge in [0.25, 0.3) is 5.69 Å². The number of unbranched alkanes of at least 4 members (excludes halogenated alkanes) is 2. The third-order valence-corrected chi connectivity index (χ3v) is 11.0. The van der Waals surface area contributed by atoms with Gasteiger partial charge in [-0.25, -0.2) is 9.65 Å². The van der Waals surface area contributed by atoms with E-state index >= 15 is 0 Å². The Morgan fingerprint density at radius 2 is 1.79 bits per heavy atom. The number of nitro benzene ring substituents is 1. The molecule has 5 N–H and O–H groups in total. The summed E-state index contributed by atoms with van der Waals surface area (Å²) < 4.78 is 37.0. The van der Waals surface area contributed by atoms with Gasteiger partial charge in [0, 0.05) is 42.6 Å². The molecular formula is C42H48FN4O13S+. The summed E-state index contributed by atoms with van der Waals surface area (Å²) in [5, 5.41) is 50.0. The van der Waals surface area contributed by atoms with Gasteiger partial charge in [0.15, 0.2) is 17.2 Å². The van der Waals surface area contributed by atoms with Crippen LogP contribution < -0.4 is 24.8 Å². The minimum absolute atomic E-state index is 0.0173. The number of allylic oxidation sites excluding steroid dienone is 3. The van der Waals surface area contributed by atoms with Crippen molar-refractivity contribution >= 4 is 52.3 Å². The Hall–Kier alpha value is -5.86. The van der Waals surface area contributed by atoms with Crippen molar-refractivity contribution < 1.29 is 67.3 Å². The molecule has 2 unspecified atom stereocenters. The largest absolute Gasteiger partial charge is 0.506 e. The maximum atomic E-state index is 14.5. The van der Waals surface area contributed by atoms with Crippen LogP contribution in [0.4, 0.5) is 15.8 Å². The van der Waals surface area contributed by atoms with Gasteiger partial charge in [-0.1, -0.05) is 17.2 Å². The van der Waals surface area contributed by atoms with Crippen LogP contribution >= 0.6 is 12.0 Å². The first-order chi connectivity index (χ1) is 29.1. The topological polar surface area (TPSA) is 228 Å². The molecular weight excluding hydrogens is 820 g/mol. The summed E-state index contributed by atoms with van der Waals surface area (Å²) >= 11 is 0.572. The number of methoxy groups -OCH3 is 2. The van der Waals surface area contributed by atoms with Crippen molar-refractivity contribution in [3.05, 3.63) is 105 Å². The maximum Gasteiger partial charge on any atom is 0.279 e. The fourth-order valence-electron chi connectivity index (χ4n) is 7.15. The second-order valence-electron chi connectivity index (χ2n) is 14.7. The second-order valence-corrected chi connectivity index (χ2v) is 15.4. The van der Waals surface area contributed by atoms with E-state index in [4.69, 9.17) is 19.5 Å². The van der Waals surface area contributed by atoms with Crippen molar-refractivity contribution in [3.63, 3.8) is 0 Å². The number of benzene rings is 3. The van der Waals surface area contributed by atoms with E-state index < -0.39 is 40.1 Å². The van der Waals surface area contributed by atoms with Crippen molar-refractivity contribution in [1.82, 2.24) is 10.6 Å². The average Bonchev–Trinajstić information content (AvgIpc) is 3.44. The number of nitrogens with one attached hydrogen (secondary N) is 2. The van der Waals surface area contributed by atoms with Crippen LogP contribution in [0.5, 0.6) is 17.2 Å². The summed E-state index contributed by atoms with van der Waals surface area (Å²) in [7, 11) is 2.87. The Balaban J connectivity index is 1.19. The third kappa shape index (κ3) is 10.7. The number of Topliss-reactive ketones (excluding diaryl/α,β-unsaturated/α-hetero) is 1. The van der Waals surface area contributed by atoms with Gasteiger partial charge in [0.05, 0.1) is 65.7 Å². The number of aliphatic hydroxyl groups is 2. The van der Waals surface area contributed by atoms with Crippen LogP contribution in [0, 0.1) is 15.9 Å². The van der Waals surface area contributed by atoms with E-state index in [-0.39, 0.29) is 70.8 Å². The van der Waals surface area contributed by atoms with Gasteiger partial charge in [-0.2, -0.15) is 4.58 Å². The molecule has 0 aromatic heterocycles. The lowest BCUT2D eigenvalue weighted by molar-refractivity contribution is -0.438. The van der Waals surface area contributed by atoms with Crippen molar-refractivity contribution in [2.24, 2.45) is 0 Å². The number of ketones is 1. The van der Waals surface area contributed by atoms with Gasteiger partial charge in [0.2, 0.25) is 23.3 Å². The number of rotatable bonds is 22. The first kappa shape index (κ1) is 46.2. The molecule has 2 amide bonds. The molecule has 2 aliphatic rings. The molecule has 3 aromatic carbocycles. The predicted octanol–water partition coefficient (Wildman–Crippen LogP) is 5.97. The number of ether oxygens (including phenoxy) is 3. The Labute approximate surface area is 355 Å². The molecule has 61 heavy (non-hydrogen) atoms. The predicted molar refractivity (Wildman–Crippen MR) is 221 cm³/mol. The smallest absolute Gasteiger partial charge is 0.279 e. The highest BCUT2D eigenvalue weighted by atomic mass is 32.2. The Morgan fingerprint density at radius 3 is 2.43 bits per heavy atom. The zero-order valence-electron chi connectivity index (χ0n) is 34.2. The number of carbonyl (C=O) groups excluding carboxylic acids is 3. The molecule has 0 bridgehead atoms. The SMILES string of the molecule is COc1ccc(C2=C(O)/C(=C/C3=[N+](CCCCCC(=O)NC(CSOOO)C(=O)NCCOc4cc([N+](=O)[O-])c(C(C)O)cc4OC)c4ccc(F)cc4C3(C)C)C2=O)cc1. The van der Waals surface area contributed by atoms with Crippen LogP contribution in [0.2, 0.25) is 0 Å². The van der Waals surface area contributed by atoms with Crippen molar-refractivity contribution in [2.45, 2.75) is 64.0 Å². The molecule has 3 aromatic rings. The van der Waals surface area contributed by atoms with Crippen LogP contribution in [0.3, 0.4) is 0 Å². The fourth-order valence-corrected chi connectivity index (χ4v) is 7.62. The highest BCUT2D eigenvalue weighted by Gasteiger charge is 2.47. The molecule has 0 saturated heterocycles. The lowest BCUT2D eigenvalue weighted by atomic mass is 9.77. The highest BCUT2D eigenvalue weighted by molar-refractivity contribution is 7.94. The average molecular weight is 868 g/mol. The van der Waals surface area contributed by atoms with Crippen LogP contribution in [0.15, 0.2) is 72.0 Å². The lowest BCUT2D eigenvalue weighted by Crippen LogP contribution is -2.49. The molecule has 0 saturated carbocycles. The van der Waals surface area contributed by atoms with Crippen molar-refractivity contribution in [2.75, 3.05) is 39.7 Å². The molecule has 0 radical (unpaired) electrons. The minimum atomic E-state index is -1.14. The molecule has 1 aliphatic heterocycles. The van der Waals surface area contributed by atoms with Crippen molar-refractivity contribution in [1.29, 1.82) is 0 Å². The number of carbonyl (C=O) groups is 3. The van der Waals surface area contributed by atoms with Crippen molar-refractivity contribution in [3.8, 4) is 17.2 Å².